The molecule has 0 heterocycles. The highest BCUT2D eigenvalue weighted by molar-refractivity contribution is 6.40. The van der Waals surface area contributed by atoms with Crippen LogP contribution in [0.2, 0.25) is 0 Å². The lowest BCUT2D eigenvalue weighted by molar-refractivity contribution is 0.262. The van der Waals surface area contributed by atoms with Crippen molar-refractivity contribution in [3.8, 4) is 34.5 Å². The SMILES string of the molecule is CCCCOc1cc2c(cc1OCCCC)c1cc(OCCC(C)CCCC(C)C)cc3c4cc(OCCCC)c(OCCCC)cc4c4cc(OCCC(C)CCCC(C)C)cc2c4c13. The van der Waals surface area contributed by atoms with Gasteiger partial charge < -0.3 is 28.4 Å². The summed E-state index contributed by atoms with van der Waals surface area (Å²) in [6, 6.07) is 18.1. The van der Waals surface area contributed by atoms with Crippen molar-refractivity contribution in [3.63, 3.8) is 0 Å². The zero-order valence-corrected chi connectivity index (χ0v) is 42.9. The van der Waals surface area contributed by atoms with E-state index in [0.29, 0.717) is 51.5 Å². The van der Waals surface area contributed by atoms with Gasteiger partial charge in [-0.3, -0.25) is 0 Å². The third-order valence-corrected chi connectivity index (χ3v) is 13.5. The zero-order valence-electron chi connectivity index (χ0n) is 42.9. The first-order valence-corrected chi connectivity index (χ1v) is 26.6. The van der Waals surface area contributed by atoms with Crippen LogP contribution in [-0.4, -0.2) is 39.6 Å². The summed E-state index contributed by atoms with van der Waals surface area (Å²) in [7, 11) is 0. The van der Waals surface area contributed by atoms with Crippen molar-refractivity contribution in [2.75, 3.05) is 39.6 Å². The van der Waals surface area contributed by atoms with E-state index in [9.17, 15) is 0 Å². The number of rotatable bonds is 32. The molecule has 0 aliphatic heterocycles. The standard InChI is InChI=1S/C60H86O6/c1-11-15-27-63-55-37-47-48(38-56(55)64-28-16-12-2)52-34-46(62-32-26-44(10)24-20-22-42(7)8)36-54-50-40-58(66-30-18-14-4)57(65-29-17-13-3)39-49(50)53-35-45(33-51(47)59(53)60(52)54)61-31-25-43(9)23-19-21-41(5)6/h33-44H,11-32H2,1-10H3. The minimum absolute atomic E-state index is 0.600. The summed E-state index contributed by atoms with van der Waals surface area (Å²) >= 11 is 0. The Morgan fingerprint density at radius 2 is 0.591 bits per heavy atom. The molecule has 6 nitrogen and oxygen atoms in total. The highest BCUT2D eigenvalue weighted by Gasteiger charge is 2.24. The molecule has 362 valence electrons. The molecule has 0 N–H and O–H groups in total. The van der Waals surface area contributed by atoms with Gasteiger partial charge in [0.05, 0.1) is 39.6 Å². The molecule has 6 heteroatoms. The van der Waals surface area contributed by atoms with Crippen LogP contribution in [0.15, 0.2) is 48.5 Å². The number of hydrogen-bond acceptors (Lipinski definition) is 6. The van der Waals surface area contributed by atoms with Crippen molar-refractivity contribution in [3.05, 3.63) is 48.5 Å². The van der Waals surface area contributed by atoms with Crippen LogP contribution in [0.3, 0.4) is 0 Å². The molecule has 0 aromatic heterocycles. The quantitative estimate of drug-likeness (QED) is 0.0239. The normalized spacial score (nSPS) is 13.0. The molecule has 0 aliphatic carbocycles. The van der Waals surface area contributed by atoms with Gasteiger partial charge in [0, 0.05) is 0 Å². The number of ether oxygens (including phenoxy) is 6. The predicted octanol–water partition coefficient (Wildman–Crippen LogP) is 18.1. The maximum Gasteiger partial charge on any atom is 0.161 e. The molecule has 0 saturated carbocycles. The fraction of sp³-hybridized carbons (Fsp3) is 0.600. The summed E-state index contributed by atoms with van der Waals surface area (Å²) in [5.74, 6) is 7.65. The lowest BCUT2D eigenvalue weighted by Gasteiger charge is -2.23. The second-order valence-corrected chi connectivity index (χ2v) is 20.4. The molecule has 0 radical (unpaired) electrons. The number of benzene rings is 6. The van der Waals surface area contributed by atoms with E-state index in [4.69, 9.17) is 28.4 Å². The van der Waals surface area contributed by atoms with E-state index in [2.05, 4.69) is 118 Å². The van der Waals surface area contributed by atoms with Gasteiger partial charge in [-0.05, 0) is 165 Å². The molecule has 0 aliphatic rings. The van der Waals surface area contributed by atoms with Crippen molar-refractivity contribution in [2.45, 2.75) is 172 Å². The Morgan fingerprint density at radius 1 is 0.303 bits per heavy atom. The van der Waals surface area contributed by atoms with Gasteiger partial charge >= 0.3 is 0 Å². The Morgan fingerprint density at radius 3 is 0.848 bits per heavy atom. The van der Waals surface area contributed by atoms with Gasteiger partial charge in [0.25, 0.3) is 0 Å². The summed E-state index contributed by atoms with van der Waals surface area (Å²) in [5, 5.41) is 11.6. The molecular weight excluding hydrogens is 817 g/mol. The van der Waals surface area contributed by atoms with Crippen molar-refractivity contribution in [1.29, 1.82) is 0 Å². The molecule has 0 amide bonds. The van der Waals surface area contributed by atoms with E-state index >= 15 is 0 Å². The summed E-state index contributed by atoms with van der Waals surface area (Å²) < 4.78 is 40.1. The van der Waals surface area contributed by atoms with E-state index in [1.807, 2.05) is 0 Å². The van der Waals surface area contributed by atoms with Gasteiger partial charge in [0.2, 0.25) is 0 Å². The second-order valence-electron chi connectivity index (χ2n) is 20.4. The van der Waals surface area contributed by atoms with E-state index in [0.717, 1.165) is 154 Å². The van der Waals surface area contributed by atoms with Crippen LogP contribution in [0.1, 0.15) is 172 Å². The van der Waals surface area contributed by atoms with Crippen molar-refractivity contribution in [2.24, 2.45) is 23.7 Å². The highest BCUT2D eigenvalue weighted by Crippen LogP contribution is 2.51. The Labute approximate surface area is 399 Å². The van der Waals surface area contributed by atoms with Crippen molar-refractivity contribution in [1.82, 2.24) is 0 Å². The molecule has 0 fully saturated rings. The largest absolute Gasteiger partial charge is 0.494 e. The van der Waals surface area contributed by atoms with Crippen LogP contribution in [0.5, 0.6) is 34.5 Å². The van der Waals surface area contributed by atoms with Gasteiger partial charge in [-0.1, -0.05) is 133 Å². The maximum atomic E-state index is 6.84. The van der Waals surface area contributed by atoms with E-state index in [1.54, 1.807) is 0 Å². The predicted molar refractivity (Wildman–Crippen MR) is 283 cm³/mol. The number of hydrogen-bond donors (Lipinski definition) is 0. The molecule has 6 aromatic rings. The second kappa shape index (κ2) is 25.7. The van der Waals surface area contributed by atoms with Gasteiger partial charge in [0.1, 0.15) is 11.5 Å². The first kappa shape index (κ1) is 51.1. The number of unbranched alkanes of at least 4 members (excludes halogenated alkanes) is 4. The lowest BCUT2D eigenvalue weighted by Crippen LogP contribution is -2.06. The van der Waals surface area contributed by atoms with E-state index < -0.39 is 0 Å². The van der Waals surface area contributed by atoms with Crippen LogP contribution >= 0.6 is 0 Å². The van der Waals surface area contributed by atoms with Gasteiger partial charge in [-0.2, -0.15) is 0 Å². The smallest absolute Gasteiger partial charge is 0.161 e. The molecule has 0 bridgehead atoms. The minimum Gasteiger partial charge on any atom is -0.494 e. The Balaban J connectivity index is 1.60. The summed E-state index contributed by atoms with van der Waals surface area (Å²) in [6.45, 7) is 26.8. The zero-order chi connectivity index (χ0) is 47.0. The van der Waals surface area contributed by atoms with E-state index in [-0.39, 0.29) is 0 Å². The Bertz CT molecular complexity index is 2100. The average molecular weight is 903 g/mol. The molecule has 6 aromatic carbocycles. The molecule has 66 heavy (non-hydrogen) atoms. The van der Waals surface area contributed by atoms with Crippen molar-refractivity contribution < 1.29 is 28.4 Å². The molecule has 6 rings (SSSR count). The average Bonchev–Trinajstić information content (AvgIpc) is 3.29. The van der Waals surface area contributed by atoms with Crippen LogP contribution < -0.4 is 28.4 Å². The topological polar surface area (TPSA) is 55.4 Å². The summed E-state index contributed by atoms with van der Waals surface area (Å²) in [6.07, 6.45) is 17.7. The molecule has 2 atom stereocenters. The van der Waals surface area contributed by atoms with Crippen LogP contribution in [0, 0.1) is 23.7 Å². The van der Waals surface area contributed by atoms with Gasteiger partial charge in [-0.25, -0.2) is 0 Å². The summed E-state index contributed by atoms with van der Waals surface area (Å²) in [5.41, 5.74) is 0. The fourth-order valence-corrected chi connectivity index (χ4v) is 9.35. The lowest BCUT2D eigenvalue weighted by atomic mass is 9.85. The first-order chi connectivity index (χ1) is 32.1. The molecule has 0 saturated heterocycles. The third-order valence-electron chi connectivity index (χ3n) is 13.5. The van der Waals surface area contributed by atoms with Crippen LogP contribution in [0.4, 0.5) is 0 Å². The third kappa shape index (κ3) is 13.4. The monoisotopic (exact) mass is 903 g/mol. The fourth-order valence-electron chi connectivity index (χ4n) is 9.35. The first-order valence-electron chi connectivity index (χ1n) is 26.6. The van der Waals surface area contributed by atoms with Gasteiger partial charge in [0.15, 0.2) is 23.0 Å². The van der Waals surface area contributed by atoms with Gasteiger partial charge in [-0.15, -0.1) is 0 Å². The van der Waals surface area contributed by atoms with Crippen LogP contribution in [-0.2, 0) is 0 Å². The molecular formula is C60H86O6. The summed E-state index contributed by atoms with van der Waals surface area (Å²) in [4.78, 5) is 0. The Hall–Kier alpha value is -4.32. The minimum atomic E-state index is 0.600. The maximum absolute atomic E-state index is 6.84. The molecule has 0 spiro atoms. The highest BCUT2D eigenvalue weighted by atomic mass is 16.5. The Kier molecular flexibility index (Phi) is 19.9. The molecule has 2 unspecified atom stereocenters. The van der Waals surface area contributed by atoms with Crippen LogP contribution in [0.25, 0.3) is 53.9 Å². The number of fused-ring (bicyclic) bond motifs is 6. The van der Waals surface area contributed by atoms with Crippen molar-refractivity contribution >= 4 is 53.9 Å². The van der Waals surface area contributed by atoms with E-state index in [1.165, 1.54) is 49.3 Å².